The van der Waals surface area contributed by atoms with Crippen molar-refractivity contribution in [2.45, 2.75) is 39.1 Å². The minimum atomic E-state index is -3.29. The molecule has 0 fully saturated rings. The lowest BCUT2D eigenvalue weighted by Gasteiger charge is -2.13. The molecule has 0 radical (unpaired) electrons. The number of guanidine groups is 1. The predicted molar refractivity (Wildman–Crippen MR) is 131 cm³/mol. The SMILES string of the molecule is CCNC(=NCc1cccc(CS(=O)(=O)NC)c1)NCc1ccccc1CC.I. The fourth-order valence-electron chi connectivity index (χ4n) is 2.88. The van der Waals surface area contributed by atoms with E-state index >= 15 is 0 Å². The van der Waals surface area contributed by atoms with Crippen LogP contribution in [0.15, 0.2) is 53.5 Å². The smallest absolute Gasteiger partial charge is 0.215 e. The largest absolute Gasteiger partial charge is 0.357 e. The molecule has 8 heteroatoms. The average Bonchev–Trinajstić information content (AvgIpc) is 2.70. The summed E-state index contributed by atoms with van der Waals surface area (Å²) in [5, 5.41) is 6.63. The predicted octanol–water partition coefficient (Wildman–Crippen LogP) is 3.17. The van der Waals surface area contributed by atoms with Gasteiger partial charge in [0, 0.05) is 13.1 Å². The number of rotatable bonds is 9. The van der Waals surface area contributed by atoms with E-state index in [9.17, 15) is 8.42 Å². The van der Waals surface area contributed by atoms with E-state index in [1.54, 1.807) is 0 Å². The van der Waals surface area contributed by atoms with Crippen molar-refractivity contribution in [1.82, 2.24) is 15.4 Å². The second kappa shape index (κ2) is 12.8. The number of halogens is 1. The summed E-state index contributed by atoms with van der Waals surface area (Å²) in [6.45, 7) is 6.12. The van der Waals surface area contributed by atoms with Crippen LogP contribution in [0.4, 0.5) is 0 Å². The monoisotopic (exact) mass is 530 g/mol. The van der Waals surface area contributed by atoms with Crippen molar-refractivity contribution < 1.29 is 8.42 Å². The van der Waals surface area contributed by atoms with Crippen LogP contribution >= 0.6 is 24.0 Å². The van der Waals surface area contributed by atoms with Gasteiger partial charge in [0.2, 0.25) is 10.0 Å². The fraction of sp³-hybridized carbons (Fsp3) is 0.381. The molecule has 0 saturated carbocycles. The van der Waals surface area contributed by atoms with Gasteiger partial charge in [-0.05, 0) is 42.6 Å². The lowest BCUT2D eigenvalue weighted by Crippen LogP contribution is -2.37. The summed E-state index contributed by atoms with van der Waals surface area (Å²) in [6, 6.07) is 15.9. The molecule has 3 N–H and O–H groups in total. The molecule has 0 aliphatic rings. The van der Waals surface area contributed by atoms with Crippen LogP contribution in [0.3, 0.4) is 0 Å². The Labute approximate surface area is 191 Å². The molecule has 29 heavy (non-hydrogen) atoms. The Kier molecular flexibility index (Phi) is 11.2. The zero-order valence-corrected chi connectivity index (χ0v) is 20.4. The van der Waals surface area contributed by atoms with Gasteiger partial charge in [0.25, 0.3) is 0 Å². The first-order chi connectivity index (χ1) is 13.5. The molecule has 6 nitrogen and oxygen atoms in total. The highest BCUT2D eigenvalue weighted by Crippen LogP contribution is 2.11. The van der Waals surface area contributed by atoms with Crippen molar-refractivity contribution in [3.05, 3.63) is 70.8 Å². The van der Waals surface area contributed by atoms with Crippen LogP contribution in [0.25, 0.3) is 0 Å². The number of aryl methyl sites for hydroxylation is 1. The summed E-state index contributed by atoms with van der Waals surface area (Å²) >= 11 is 0. The third-order valence-electron chi connectivity index (χ3n) is 4.37. The zero-order valence-electron chi connectivity index (χ0n) is 17.2. The Morgan fingerprint density at radius 3 is 2.31 bits per heavy atom. The first-order valence-electron chi connectivity index (χ1n) is 9.55. The Bertz CT molecular complexity index is 901. The Morgan fingerprint density at radius 1 is 0.966 bits per heavy atom. The average molecular weight is 530 g/mol. The number of nitrogens with zero attached hydrogens (tertiary/aromatic N) is 1. The lowest BCUT2D eigenvalue weighted by atomic mass is 10.1. The van der Waals surface area contributed by atoms with Gasteiger partial charge in [-0.15, -0.1) is 24.0 Å². The van der Waals surface area contributed by atoms with Gasteiger partial charge < -0.3 is 10.6 Å². The van der Waals surface area contributed by atoms with Gasteiger partial charge in [-0.25, -0.2) is 18.1 Å². The highest BCUT2D eigenvalue weighted by molar-refractivity contribution is 14.0. The van der Waals surface area contributed by atoms with E-state index < -0.39 is 10.0 Å². The topological polar surface area (TPSA) is 82.6 Å². The molecule has 2 aromatic carbocycles. The second-order valence-electron chi connectivity index (χ2n) is 6.45. The lowest BCUT2D eigenvalue weighted by molar-refractivity contribution is 0.587. The minimum absolute atomic E-state index is 0. The van der Waals surface area contributed by atoms with Crippen molar-refractivity contribution in [2.75, 3.05) is 13.6 Å². The molecule has 0 spiro atoms. The first-order valence-corrected chi connectivity index (χ1v) is 11.2. The summed E-state index contributed by atoms with van der Waals surface area (Å²) in [7, 11) is -1.86. The number of aliphatic imine (C=N–C) groups is 1. The van der Waals surface area contributed by atoms with Crippen LogP contribution in [-0.4, -0.2) is 28.0 Å². The van der Waals surface area contributed by atoms with Crippen LogP contribution in [0.1, 0.15) is 36.1 Å². The van der Waals surface area contributed by atoms with E-state index in [4.69, 9.17) is 0 Å². The number of sulfonamides is 1. The molecule has 0 atom stereocenters. The molecule has 2 aromatic rings. The molecule has 0 aliphatic carbocycles. The maximum atomic E-state index is 11.7. The highest BCUT2D eigenvalue weighted by Gasteiger charge is 2.09. The quantitative estimate of drug-likeness (QED) is 0.264. The van der Waals surface area contributed by atoms with E-state index in [0.717, 1.165) is 30.1 Å². The van der Waals surface area contributed by atoms with Crippen LogP contribution in [0, 0.1) is 0 Å². The van der Waals surface area contributed by atoms with E-state index in [1.807, 2.05) is 37.3 Å². The molecule has 0 aliphatic heterocycles. The van der Waals surface area contributed by atoms with E-state index in [1.165, 1.54) is 18.2 Å². The summed E-state index contributed by atoms with van der Waals surface area (Å²) in [5.41, 5.74) is 4.30. The van der Waals surface area contributed by atoms with Crippen molar-refractivity contribution in [3.8, 4) is 0 Å². The third-order valence-corrected chi connectivity index (χ3v) is 5.70. The molecule has 0 amide bonds. The molecular formula is C21H31IN4O2S. The van der Waals surface area contributed by atoms with Crippen molar-refractivity contribution in [2.24, 2.45) is 4.99 Å². The van der Waals surface area contributed by atoms with Gasteiger partial charge in [0.1, 0.15) is 0 Å². The Balaban J connectivity index is 0.00000420. The maximum Gasteiger partial charge on any atom is 0.215 e. The van der Waals surface area contributed by atoms with Gasteiger partial charge in [-0.1, -0.05) is 55.5 Å². The normalized spacial score (nSPS) is 11.6. The highest BCUT2D eigenvalue weighted by atomic mass is 127. The summed E-state index contributed by atoms with van der Waals surface area (Å²) in [4.78, 5) is 4.64. The van der Waals surface area contributed by atoms with Crippen LogP contribution in [-0.2, 0) is 35.3 Å². The van der Waals surface area contributed by atoms with E-state index in [0.29, 0.717) is 13.1 Å². The summed E-state index contributed by atoms with van der Waals surface area (Å²) in [5.74, 6) is 0.703. The molecular weight excluding hydrogens is 499 g/mol. The molecule has 160 valence electrons. The number of nitrogens with one attached hydrogen (secondary N) is 3. The third kappa shape index (κ3) is 8.71. The van der Waals surface area contributed by atoms with E-state index in [2.05, 4.69) is 45.5 Å². The van der Waals surface area contributed by atoms with Crippen molar-refractivity contribution in [1.29, 1.82) is 0 Å². The van der Waals surface area contributed by atoms with E-state index in [-0.39, 0.29) is 29.7 Å². The van der Waals surface area contributed by atoms with Gasteiger partial charge in [0.15, 0.2) is 5.96 Å². The van der Waals surface area contributed by atoms with Crippen LogP contribution in [0.2, 0.25) is 0 Å². The van der Waals surface area contributed by atoms with Crippen LogP contribution in [0.5, 0.6) is 0 Å². The molecule has 2 rings (SSSR count). The number of hydrogen-bond acceptors (Lipinski definition) is 3. The van der Waals surface area contributed by atoms with Crippen molar-refractivity contribution >= 4 is 40.0 Å². The van der Waals surface area contributed by atoms with Crippen LogP contribution < -0.4 is 15.4 Å². The fourth-order valence-corrected chi connectivity index (χ4v) is 3.64. The molecule has 0 saturated heterocycles. The minimum Gasteiger partial charge on any atom is -0.357 e. The summed E-state index contributed by atoms with van der Waals surface area (Å²) < 4.78 is 25.8. The number of hydrogen-bond donors (Lipinski definition) is 3. The summed E-state index contributed by atoms with van der Waals surface area (Å²) in [6.07, 6.45) is 0.994. The molecule has 0 bridgehead atoms. The second-order valence-corrected chi connectivity index (χ2v) is 8.38. The van der Waals surface area contributed by atoms with Gasteiger partial charge >= 0.3 is 0 Å². The Hall–Kier alpha value is -1.65. The molecule has 0 unspecified atom stereocenters. The standard InChI is InChI=1S/C21H30N4O2S.HI/c1-4-19-11-6-7-12-20(19)15-25-21(23-5-2)24-14-17-9-8-10-18(13-17)16-28(26,27)22-3;/h6-13,22H,4-5,14-16H2,1-3H3,(H2,23,24,25);1H. The van der Waals surface area contributed by atoms with Crippen molar-refractivity contribution in [3.63, 3.8) is 0 Å². The van der Waals surface area contributed by atoms with Gasteiger partial charge in [0.05, 0.1) is 12.3 Å². The van der Waals surface area contributed by atoms with Gasteiger partial charge in [-0.3, -0.25) is 0 Å². The number of benzene rings is 2. The Morgan fingerprint density at radius 2 is 1.66 bits per heavy atom. The zero-order chi connectivity index (χ0) is 20.4. The first kappa shape index (κ1) is 25.4. The maximum absolute atomic E-state index is 11.7. The van der Waals surface area contributed by atoms with Gasteiger partial charge in [-0.2, -0.15) is 0 Å². The molecule has 0 heterocycles. The molecule has 0 aromatic heterocycles.